The molecule has 0 radical (unpaired) electrons. The first-order valence-electron chi connectivity index (χ1n) is 6.23. The summed E-state index contributed by atoms with van der Waals surface area (Å²) >= 11 is 0. The summed E-state index contributed by atoms with van der Waals surface area (Å²) in [4.78, 5) is 2.51. The van der Waals surface area contributed by atoms with Crippen molar-refractivity contribution in [2.45, 2.75) is 26.2 Å². The smallest absolute Gasteiger partial charge is 0.159 e. The summed E-state index contributed by atoms with van der Waals surface area (Å²) in [5.41, 5.74) is 2.61. The average molecular weight is 218 g/mol. The number of hydrogen-bond acceptors (Lipinski definition) is 3. The van der Waals surface area contributed by atoms with Gasteiger partial charge in [0.05, 0.1) is 5.69 Å². The molecule has 2 aliphatic heterocycles. The molecule has 2 saturated heterocycles. The van der Waals surface area contributed by atoms with Gasteiger partial charge in [0, 0.05) is 19.2 Å². The van der Waals surface area contributed by atoms with Crippen LogP contribution in [0.25, 0.3) is 6.08 Å². The van der Waals surface area contributed by atoms with Crippen LogP contribution in [-0.2, 0) is 6.42 Å². The molecular weight excluding hydrogens is 200 g/mol. The quantitative estimate of drug-likeness (QED) is 0.780. The zero-order valence-corrected chi connectivity index (χ0v) is 9.78. The van der Waals surface area contributed by atoms with E-state index in [1.165, 1.54) is 25.1 Å². The fourth-order valence-electron chi connectivity index (χ4n) is 2.78. The van der Waals surface area contributed by atoms with Crippen LogP contribution >= 0.6 is 0 Å². The molecule has 3 rings (SSSR count). The molecule has 0 amide bonds. The third-order valence-electron chi connectivity index (χ3n) is 3.61. The fraction of sp³-hybridized carbons (Fsp3) is 0.615. The number of nitrogens with zero attached hydrogens (tertiary/aromatic N) is 2. The first-order valence-corrected chi connectivity index (χ1v) is 6.23. The molecule has 86 valence electrons. The van der Waals surface area contributed by atoms with Gasteiger partial charge in [-0.2, -0.15) is 0 Å². The summed E-state index contributed by atoms with van der Waals surface area (Å²) in [6, 6.07) is 2.08. The maximum atomic E-state index is 5.34. The van der Waals surface area contributed by atoms with Crippen molar-refractivity contribution in [3.05, 3.63) is 23.1 Å². The molecule has 0 saturated carbocycles. The Hall–Kier alpha value is -1.09. The molecule has 0 aliphatic carbocycles. The molecule has 0 spiro atoms. The van der Waals surface area contributed by atoms with Crippen LogP contribution in [0.4, 0.5) is 0 Å². The van der Waals surface area contributed by atoms with Crippen LogP contribution < -0.4 is 0 Å². The van der Waals surface area contributed by atoms with Gasteiger partial charge in [0.25, 0.3) is 0 Å². The second-order valence-electron chi connectivity index (χ2n) is 4.91. The van der Waals surface area contributed by atoms with Crippen molar-refractivity contribution in [1.29, 1.82) is 0 Å². The standard InChI is InChI=1S/C13H18N2O/c1-2-3-12-7-13(16-14-12)6-11-9-15-5-4-10(11)8-15/h6-7,10H,2-5,8-9H2,1H3. The summed E-state index contributed by atoms with van der Waals surface area (Å²) in [6.45, 7) is 5.83. The Kier molecular flexibility index (Phi) is 2.56. The summed E-state index contributed by atoms with van der Waals surface area (Å²) in [6.07, 6.45) is 5.67. The second kappa shape index (κ2) is 4.06. The van der Waals surface area contributed by atoms with E-state index in [1.54, 1.807) is 0 Å². The third kappa shape index (κ3) is 1.80. The van der Waals surface area contributed by atoms with Crippen molar-refractivity contribution in [2.75, 3.05) is 19.6 Å². The predicted molar refractivity (Wildman–Crippen MR) is 63.0 cm³/mol. The van der Waals surface area contributed by atoms with E-state index in [9.17, 15) is 0 Å². The largest absolute Gasteiger partial charge is 0.357 e. The van der Waals surface area contributed by atoms with Gasteiger partial charge in [0.2, 0.25) is 0 Å². The van der Waals surface area contributed by atoms with Crippen LogP contribution in [0.1, 0.15) is 31.2 Å². The lowest BCUT2D eigenvalue weighted by Gasteiger charge is -2.13. The van der Waals surface area contributed by atoms with Gasteiger partial charge in [-0.25, -0.2) is 0 Å². The molecule has 2 atom stereocenters. The minimum Gasteiger partial charge on any atom is -0.357 e. The van der Waals surface area contributed by atoms with Crippen molar-refractivity contribution in [3.8, 4) is 0 Å². The number of fused-ring (bicyclic) bond motifs is 2. The molecule has 2 fully saturated rings. The van der Waals surface area contributed by atoms with Gasteiger partial charge >= 0.3 is 0 Å². The Bertz CT molecular complexity index is 408. The predicted octanol–water partition coefficient (Wildman–Crippen LogP) is 2.35. The highest BCUT2D eigenvalue weighted by Gasteiger charge is 2.33. The highest BCUT2D eigenvalue weighted by Crippen LogP contribution is 2.33. The van der Waals surface area contributed by atoms with Crippen LogP contribution in [0.15, 0.2) is 16.2 Å². The van der Waals surface area contributed by atoms with Gasteiger partial charge in [0.15, 0.2) is 5.76 Å². The molecule has 3 nitrogen and oxygen atoms in total. The Morgan fingerprint density at radius 3 is 3.25 bits per heavy atom. The Balaban J connectivity index is 1.75. The van der Waals surface area contributed by atoms with E-state index < -0.39 is 0 Å². The van der Waals surface area contributed by atoms with Gasteiger partial charge in [-0.05, 0) is 37.0 Å². The van der Waals surface area contributed by atoms with Crippen molar-refractivity contribution in [2.24, 2.45) is 5.92 Å². The monoisotopic (exact) mass is 218 g/mol. The van der Waals surface area contributed by atoms with E-state index in [-0.39, 0.29) is 0 Å². The molecule has 2 bridgehead atoms. The summed E-state index contributed by atoms with van der Waals surface area (Å²) in [5, 5.41) is 4.08. The minimum absolute atomic E-state index is 0.778. The molecule has 3 heterocycles. The molecule has 3 heteroatoms. The molecule has 0 N–H and O–H groups in total. The Morgan fingerprint density at radius 2 is 2.56 bits per heavy atom. The van der Waals surface area contributed by atoms with Crippen LogP contribution in [0.3, 0.4) is 0 Å². The lowest BCUT2D eigenvalue weighted by atomic mass is 9.98. The molecule has 0 aromatic carbocycles. The number of rotatable bonds is 3. The lowest BCUT2D eigenvalue weighted by molar-refractivity contribution is 0.391. The van der Waals surface area contributed by atoms with E-state index in [2.05, 4.69) is 29.1 Å². The Morgan fingerprint density at radius 1 is 1.62 bits per heavy atom. The van der Waals surface area contributed by atoms with Crippen LogP contribution in [0, 0.1) is 5.92 Å². The van der Waals surface area contributed by atoms with Crippen molar-refractivity contribution < 1.29 is 4.52 Å². The molecular formula is C13H18N2O. The Labute approximate surface area is 96.1 Å². The molecule has 16 heavy (non-hydrogen) atoms. The second-order valence-corrected chi connectivity index (χ2v) is 4.91. The maximum absolute atomic E-state index is 5.34. The first-order chi connectivity index (χ1) is 7.85. The van der Waals surface area contributed by atoms with Crippen LogP contribution in [-0.4, -0.2) is 29.7 Å². The fourth-order valence-corrected chi connectivity index (χ4v) is 2.78. The summed E-state index contributed by atoms with van der Waals surface area (Å²) in [5.74, 6) is 1.71. The van der Waals surface area contributed by atoms with Crippen molar-refractivity contribution >= 4 is 6.08 Å². The van der Waals surface area contributed by atoms with Gasteiger partial charge in [-0.15, -0.1) is 0 Å². The van der Waals surface area contributed by atoms with Gasteiger partial charge in [0.1, 0.15) is 0 Å². The maximum Gasteiger partial charge on any atom is 0.159 e. The SMILES string of the molecule is CCCc1cc(C=C2CN3CCC2C3)on1. The van der Waals surface area contributed by atoms with E-state index >= 15 is 0 Å². The van der Waals surface area contributed by atoms with E-state index in [0.717, 1.165) is 36.8 Å². The van der Waals surface area contributed by atoms with Crippen molar-refractivity contribution in [1.82, 2.24) is 10.1 Å². The lowest BCUT2D eigenvalue weighted by Crippen LogP contribution is -2.17. The molecule has 1 aromatic rings. The zero-order chi connectivity index (χ0) is 11.0. The van der Waals surface area contributed by atoms with E-state index in [4.69, 9.17) is 4.52 Å². The molecule has 2 aliphatic rings. The first kappa shape index (κ1) is 10.1. The average Bonchev–Trinajstić information content (AvgIpc) is 2.95. The topological polar surface area (TPSA) is 29.3 Å². The van der Waals surface area contributed by atoms with Gasteiger partial charge < -0.3 is 4.52 Å². The van der Waals surface area contributed by atoms with Crippen molar-refractivity contribution in [3.63, 3.8) is 0 Å². The minimum atomic E-state index is 0.778. The molecule has 1 aromatic heterocycles. The number of piperidine rings is 1. The number of aromatic nitrogens is 1. The number of hydrogen-bond donors (Lipinski definition) is 0. The summed E-state index contributed by atoms with van der Waals surface area (Å²) in [7, 11) is 0. The highest BCUT2D eigenvalue weighted by atomic mass is 16.5. The number of aryl methyl sites for hydroxylation is 1. The van der Waals surface area contributed by atoms with Crippen LogP contribution in [0.2, 0.25) is 0 Å². The van der Waals surface area contributed by atoms with Gasteiger partial charge in [-0.1, -0.05) is 18.5 Å². The molecule has 2 unspecified atom stereocenters. The van der Waals surface area contributed by atoms with E-state index in [0.29, 0.717) is 0 Å². The highest BCUT2D eigenvalue weighted by molar-refractivity contribution is 5.50. The third-order valence-corrected chi connectivity index (χ3v) is 3.61. The normalized spacial score (nSPS) is 30.4. The van der Waals surface area contributed by atoms with Gasteiger partial charge in [-0.3, -0.25) is 4.90 Å². The van der Waals surface area contributed by atoms with E-state index in [1.807, 2.05) is 0 Å². The zero-order valence-electron chi connectivity index (χ0n) is 9.78. The van der Waals surface area contributed by atoms with Crippen LogP contribution in [0.5, 0.6) is 0 Å². The summed E-state index contributed by atoms with van der Waals surface area (Å²) < 4.78 is 5.34.